The van der Waals surface area contributed by atoms with Crippen LogP contribution < -0.4 is 10.6 Å². The minimum absolute atomic E-state index is 0.196. The fraction of sp³-hybridized carbons (Fsp3) is 0.467. The van der Waals surface area contributed by atoms with Crippen LogP contribution in [0.1, 0.15) is 41.6 Å². The lowest BCUT2D eigenvalue weighted by Crippen LogP contribution is -2.33. The summed E-state index contributed by atoms with van der Waals surface area (Å²) < 4.78 is 0. The van der Waals surface area contributed by atoms with E-state index in [9.17, 15) is 9.59 Å². The minimum atomic E-state index is -0.414. The molecule has 1 aliphatic carbocycles. The number of benzene rings is 1. The Balaban J connectivity index is 1.85. The van der Waals surface area contributed by atoms with Crippen molar-refractivity contribution < 1.29 is 9.59 Å². The molecule has 19 heavy (non-hydrogen) atoms. The summed E-state index contributed by atoms with van der Waals surface area (Å²) in [5.41, 5.74) is 7.82. The monoisotopic (exact) mass is 258 g/mol. The number of nitrogens with zero attached hydrogens (tertiary/aromatic N) is 1. The first kappa shape index (κ1) is 12.2. The number of amides is 2. The van der Waals surface area contributed by atoms with Crippen LogP contribution >= 0.6 is 0 Å². The van der Waals surface area contributed by atoms with E-state index >= 15 is 0 Å². The van der Waals surface area contributed by atoms with Crippen LogP contribution in [0.2, 0.25) is 0 Å². The molecule has 2 aliphatic rings. The van der Waals surface area contributed by atoms with E-state index in [4.69, 9.17) is 5.73 Å². The second-order valence-corrected chi connectivity index (χ2v) is 5.43. The molecule has 0 radical (unpaired) electrons. The van der Waals surface area contributed by atoms with Gasteiger partial charge >= 0.3 is 0 Å². The molecule has 3 rings (SSSR count). The van der Waals surface area contributed by atoms with Crippen LogP contribution in [0.5, 0.6) is 0 Å². The third-order valence-corrected chi connectivity index (χ3v) is 4.23. The average molecular weight is 258 g/mol. The molecule has 1 aliphatic heterocycles. The molecule has 2 N–H and O–H groups in total. The molecule has 1 fully saturated rings. The lowest BCUT2D eigenvalue weighted by molar-refractivity contribution is -0.122. The Morgan fingerprint density at radius 2 is 1.95 bits per heavy atom. The highest BCUT2D eigenvalue weighted by Crippen LogP contribution is 2.33. The van der Waals surface area contributed by atoms with Crippen LogP contribution in [-0.2, 0) is 11.2 Å². The fourth-order valence-corrected chi connectivity index (χ4v) is 3.18. The quantitative estimate of drug-likeness (QED) is 0.880. The molecular formula is C15H18N2O2. The first-order valence-corrected chi connectivity index (χ1v) is 6.91. The molecule has 1 aromatic rings. The standard InChI is InChI=1S/C15H18N2O2/c16-14(18)12-5-6-13-11(9-12)7-8-17(13)15(19)10-3-1-2-4-10/h5-6,9-10H,1-4,7-8H2,(H2,16,18). The summed E-state index contributed by atoms with van der Waals surface area (Å²) in [4.78, 5) is 25.5. The summed E-state index contributed by atoms with van der Waals surface area (Å²) in [5, 5.41) is 0. The molecule has 0 spiro atoms. The Morgan fingerprint density at radius 1 is 1.21 bits per heavy atom. The maximum atomic E-state index is 12.5. The maximum absolute atomic E-state index is 12.5. The van der Waals surface area contributed by atoms with Crippen LogP contribution in [0.3, 0.4) is 0 Å². The van der Waals surface area contributed by atoms with Gasteiger partial charge in [-0.2, -0.15) is 0 Å². The number of rotatable bonds is 2. The Labute approximate surface area is 112 Å². The van der Waals surface area contributed by atoms with Gasteiger partial charge in [0, 0.05) is 23.7 Å². The minimum Gasteiger partial charge on any atom is -0.366 e. The zero-order valence-corrected chi connectivity index (χ0v) is 10.9. The molecule has 1 saturated carbocycles. The lowest BCUT2D eigenvalue weighted by atomic mass is 10.1. The van der Waals surface area contributed by atoms with Crippen molar-refractivity contribution in [1.29, 1.82) is 0 Å². The predicted octanol–water partition coefficient (Wildman–Crippen LogP) is 1.86. The molecule has 4 heteroatoms. The largest absolute Gasteiger partial charge is 0.366 e. The number of anilines is 1. The second-order valence-electron chi connectivity index (χ2n) is 5.43. The summed E-state index contributed by atoms with van der Waals surface area (Å²) in [5.74, 6) is 0.0354. The van der Waals surface area contributed by atoms with Gasteiger partial charge in [-0.1, -0.05) is 12.8 Å². The van der Waals surface area contributed by atoms with Crippen LogP contribution in [0.4, 0.5) is 5.69 Å². The molecule has 0 unspecified atom stereocenters. The van der Waals surface area contributed by atoms with E-state index in [2.05, 4.69) is 0 Å². The Kier molecular flexibility index (Phi) is 3.01. The number of nitrogens with two attached hydrogens (primary N) is 1. The number of hydrogen-bond donors (Lipinski definition) is 1. The van der Waals surface area contributed by atoms with Crippen molar-refractivity contribution >= 4 is 17.5 Å². The van der Waals surface area contributed by atoms with E-state index in [0.29, 0.717) is 5.56 Å². The smallest absolute Gasteiger partial charge is 0.248 e. The highest BCUT2D eigenvalue weighted by Gasteiger charge is 2.31. The summed E-state index contributed by atoms with van der Waals surface area (Å²) in [6.45, 7) is 0.729. The van der Waals surface area contributed by atoms with Gasteiger partial charge in [0.15, 0.2) is 0 Å². The highest BCUT2D eigenvalue weighted by molar-refractivity contribution is 5.99. The molecular weight excluding hydrogens is 240 g/mol. The van der Waals surface area contributed by atoms with Crippen molar-refractivity contribution in [1.82, 2.24) is 0 Å². The molecule has 100 valence electrons. The normalized spacial score (nSPS) is 18.6. The van der Waals surface area contributed by atoms with Crippen LogP contribution in [0, 0.1) is 5.92 Å². The Hall–Kier alpha value is -1.84. The Bertz CT molecular complexity index is 533. The van der Waals surface area contributed by atoms with Gasteiger partial charge in [0.25, 0.3) is 0 Å². The van der Waals surface area contributed by atoms with Crippen molar-refractivity contribution in [3.8, 4) is 0 Å². The average Bonchev–Trinajstić information content (AvgIpc) is 3.06. The van der Waals surface area contributed by atoms with Crippen LogP contribution in [0.15, 0.2) is 18.2 Å². The third kappa shape index (κ3) is 2.11. The summed E-state index contributed by atoms with van der Waals surface area (Å²) >= 11 is 0. The van der Waals surface area contributed by atoms with Gasteiger partial charge < -0.3 is 10.6 Å². The fourth-order valence-electron chi connectivity index (χ4n) is 3.18. The maximum Gasteiger partial charge on any atom is 0.248 e. The van der Waals surface area contributed by atoms with E-state index in [1.54, 1.807) is 6.07 Å². The van der Waals surface area contributed by atoms with Crippen LogP contribution in [-0.4, -0.2) is 18.4 Å². The van der Waals surface area contributed by atoms with Gasteiger partial charge in [-0.25, -0.2) is 0 Å². The third-order valence-electron chi connectivity index (χ3n) is 4.23. The van der Waals surface area contributed by atoms with Gasteiger partial charge in [-0.3, -0.25) is 9.59 Å². The van der Waals surface area contributed by atoms with Gasteiger partial charge in [0.05, 0.1) is 0 Å². The highest BCUT2D eigenvalue weighted by atomic mass is 16.2. The molecule has 1 heterocycles. The van der Waals surface area contributed by atoms with Crippen molar-refractivity contribution in [3.05, 3.63) is 29.3 Å². The second kappa shape index (κ2) is 4.68. The van der Waals surface area contributed by atoms with E-state index in [-0.39, 0.29) is 11.8 Å². The van der Waals surface area contributed by atoms with Gasteiger partial charge in [-0.15, -0.1) is 0 Å². The van der Waals surface area contributed by atoms with Crippen molar-refractivity contribution in [3.63, 3.8) is 0 Å². The van der Waals surface area contributed by atoms with Crippen molar-refractivity contribution in [2.24, 2.45) is 11.7 Å². The van der Waals surface area contributed by atoms with Gasteiger partial charge in [0.2, 0.25) is 11.8 Å². The number of fused-ring (bicyclic) bond motifs is 1. The van der Waals surface area contributed by atoms with E-state index in [1.165, 1.54) is 0 Å². The number of primary amides is 1. The molecule has 4 nitrogen and oxygen atoms in total. The van der Waals surface area contributed by atoms with E-state index < -0.39 is 5.91 Å². The summed E-state index contributed by atoms with van der Waals surface area (Å²) in [6, 6.07) is 5.39. The molecule has 0 aromatic heterocycles. The number of carbonyl (C=O) groups is 2. The van der Waals surface area contributed by atoms with Gasteiger partial charge in [0.1, 0.15) is 0 Å². The molecule has 2 amide bonds. The predicted molar refractivity (Wildman–Crippen MR) is 73.0 cm³/mol. The first-order chi connectivity index (χ1) is 9.16. The lowest BCUT2D eigenvalue weighted by Gasteiger charge is -2.21. The molecule has 0 bridgehead atoms. The zero-order chi connectivity index (χ0) is 13.4. The number of hydrogen-bond acceptors (Lipinski definition) is 2. The zero-order valence-electron chi connectivity index (χ0n) is 10.9. The first-order valence-electron chi connectivity index (χ1n) is 6.91. The topological polar surface area (TPSA) is 63.4 Å². The number of carbonyl (C=O) groups excluding carboxylic acids is 2. The SMILES string of the molecule is NC(=O)c1ccc2c(c1)CCN2C(=O)C1CCCC1. The molecule has 0 atom stereocenters. The van der Waals surface area contributed by atoms with Gasteiger partial charge in [-0.05, 0) is 43.0 Å². The van der Waals surface area contributed by atoms with Crippen molar-refractivity contribution in [2.75, 3.05) is 11.4 Å². The summed E-state index contributed by atoms with van der Waals surface area (Å²) in [7, 11) is 0. The molecule has 1 aromatic carbocycles. The van der Waals surface area contributed by atoms with E-state index in [1.807, 2.05) is 17.0 Å². The van der Waals surface area contributed by atoms with Crippen molar-refractivity contribution in [2.45, 2.75) is 32.1 Å². The Morgan fingerprint density at radius 3 is 2.63 bits per heavy atom. The summed E-state index contributed by atoms with van der Waals surface area (Å²) in [6.07, 6.45) is 5.18. The molecule has 0 saturated heterocycles. The van der Waals surface area contributed by atoms with Crippen LogP contribution in [0.25, 0.3) is 0 Å². The van der Waals surface area contributed by atoms with E-state index in [0.717, 1.165) is 49.9 Å².